The molecule has 0 radical (unpaired) electrons. The molecule has 0 bridgehead atoms. The van der Waals surface area contributed by atoms with Crippen molar-refractivity contribution >= 4 is 87.1 Å². The van der Waals surface area contributed by atoms with Crippen LogP contribution in [0.3, 0.4) is 0 Å². The Labute approximate surface area is 272 Å². The summed E-state index contributed by atoms with van der Waals surface area (Å²) in [5.74, 6) is -2.20. The van der Waals surface area contributed by atoms with Gasteiger partial charge in [0.1, 0.15) is 0 Å². The van der Waals surface area contributed by atoms with E-state index >= 15 is 0 Å². The van der Waals surface area contributed by atoms with Gasteiger partial charge >= 0.3 is 5.97 Å². The van der Waals surface area contributed by atoms with Gasteiger partial charge in [0.15, 0.2) is 11.6 Å². The van der Waals surface area contributed by atoms with Crippen molar-refractivity contribution in [2.45, 2.75) is 97.3 Å². The molecule has 0 aromatic heterocycles. The Morgan fingerprint density at radius 2 is 1.00 bits per heavy atom. The van der Waals surface area contributed by atoms with Crippen LogP contribution in [0.2, 0.25) is 30.1 Å². The number of fused-ring (bicyclic) bond motifs is 2. The predicted octanol–water partition coefficient (Wildman–Crippen LogP) is 11.8. The Bertz CT molecular complexity index is 1320. The van der Waals surface area contributed by atoms with E-state index in [1.165, 1.54) is 0 Å². The molecule has 0 saturated carbocycles. The average Bonchev–Trinajstić information content (AvgIpc) is 2.95. The molecule has 0 fully saturated rings. The molecule has 10 heteroatoms. The van der Waals surface area contributed by atoms with Crippen LogP contribution in [0.4, 0.5) is 0 Å². The van der Waals surface area contributed by atoms with Gasteiger partial charge in [0.2, 0.25) is 0 Å². The number of unbranched alkanes of at least 4 members (excludes halogenated alkanes) is 10. The van der Waals surface area contributed by atoms with Crippen LogP contribution in [-0.2, 0) is 11.2 Å². The van der Waals surface area contributed by atoms with Gasteiger partial charge in [-0.1, -0.05) is 148 Å². The lowest BCUT2D eigenvalue weighted by Crippen LogP contribution is -2.28. The highest BCUT2D eigenvalue weighted by Gasteiger charge is 2.42. The van der Waals surface area contributed by atoms with Gasteiger partial charge in [-0.05, 0) is 24.8 Å². The first-order valence-electron chi connectivity index (χ1n) is 14.3. The largest absolute Gasteiger partial charge is 0.462 e. The van der Waals surface area contributed by atoms with E-state index in [2.05, 4.69) is 13.8 Å². The van der Waals surface area contributed by atoms with E-state index < -0.39 is 17.5 Å². The standard InChI is InChI=1S/C31H34Cl6O4/c1-3-5-7-9-11-13-15-17-18-20(24(33)27(36)23(17)32)30(39)19-21(29(18)38)25(34)28(37)26(35)22(19)31(40)41-16-14-12-10-8-6-4-2/h3-16H2,1-2H3. The molecule has 0 heterocycles. The lowest BCUT2D eigenvalue weighted by Gasteiger charge is -2.26. The van der Waals surface area contributed by atoms with E-state index in [1.807, 2.05) is 0 Å². The second kappa shape index (κ2) is 16.2. The normalized spacial score (nSPS) is 12.5. The number of esters is 1. The van der Waals surface area contributed by atoms with Gasteiger partial charge in [0, 0.05) is 5.56 Å². The first-order valence-corrected chi connectivity index (χ1v) is 16.5. The van der Waals surface area contributed by atoms with Crippen molar-refractivity contribution < 1.29 is 19.1 Å². The predicted molar refractivity (Wildman–Crippen MR) is 171 cm³/mol. The maximum absolute atomic E-state index is 14.1. The van der Waals surface area contributed by atoms with E-state index in [-0.39, 0.29) is 64.6 Å². The highest BCUT2D eigenvalue weighted by Crippen LogP contribution is 2.48. The summed E-state index contributed by atoms with van der Waals surface area (Å²) in [6.07, 6.45) is 12.4. The Hall–Kier alpha value is -1.01. The van der Waals surface area contributed by atoms with Crippen LogP contribution >= 0.6 is 69.6 Å². The zero-order valence-corrected chi connectivity index (χ0v) is 27.8. The molecule has 41 heavy (non-hydrogen) atoms. The number of ketones is 2. The summed E-state index contributed by atoms with van der Waals surface area (Å²) in [5, 5.41) is -0.797. The fourth-order valence-corrected chi connectivity index (χ4v) is 6.74. The zero-order valence-electron chi connectivity index (χ0n) is 23.3. The van der Waals surface area contributed by atoms with Crippen LogP contribution in [0.1, 0.15) is 139 Å². The van der Waals surface area contributed by atoms with Crippen molar-refractivity contribution in [1.82, 2.24) is 0 Å². The number of hydrogen-bond donors (Lipinski definition) is 0. The third kappa shape index (κ3) is 7.56. The smallest absolute Gasteiger partial charge is 0.340 e. The first-order chi connectivity index (χ1) is 19.6. The third-order valence-electron chi connectivity index (χ3n) is 7.37. The second-order valence-corrected chi connectivity index (χ2v) is 12.6. The molecule has 4 nitrogen and oxygen atoms in total. The van der Waals surface area contributed by atoms with E-state index in [0.29, 0.717) is 18.4 Å². The molecule has 0 amide bonds. The van der Waals surface area contributed by atoms with Crippen LogP contribution < -0.4 is 0 Å². The van der Waals surface area contributed by atoms with Crippen molar-refractivity contribution in [3.63, 3.8) is 0 Å². The maximum atomic E-state index is 14.1. The molecule has 3 rings (SSSR count). The molecular weight excluding hydrogens is 649 g/mol. The van der Waals surface area contributed by atoms with Crippen molar-refractivity contribution in [2.24, 2.45) is 0 Å². The van der Waals surface area contributed by atoms with E-state index in [4.69, 9.17) is 74.3 Å². The summed E-state index contributed by atoms with van der Waals surface area (Å²) in [6.45, 7) is 4.41. The van der Waals surface area contributed by atoms with Crippen molar-refractivity contribution in [3.8, 4) is 0 Å². The van der Waals surface area contributed by atoms with Crippen LogP contribution in [0.15, 0.2) is 0 Å². The molecule has 0 unspecified atom stereocenters. The second-order valence-electron chi connectivity index (χ2n) is 10.3. The Kier molecular flexibility index (Phi) is 13.6. The number of rotatable bonds is 15. The Morgan fingerprint density at radius 1 is 0.537 bits per heavy atom. The Morgan fingerprint density at radius 3 is 1.59 bits per heavy atom. The van der Waals surface area contributed by atoms with Gasteiger partial charge in [-0.2, -0.15) is 0 Å². The highest BCUT2D eigenvalue weighted by molar-refractivity contribution is 6.55. The minimum atomic E-state index is -0.869. The number of carbonyl (C=O) groups excluding carboxylic acids is 3. The zero-order chi connectivity index (χ0) is 30.3. The summed E-state index contributed by atoms with van der Waals surface area (Å²) in [5.41, 5.74) is -0.499. The molecule has 2 aromatic carbocycles. The first kappa shape index (κ1) is 34.5. The number of hydrogen-bond acceptors (Lipinski definition) is 4. The fraction of sp³-hybridized carbons (Fsp3) is 0.516. The van der Waals surface area contributed by atoms with E-state index in [9.17, 15) is 14.4 Å². The van der Waals surface area contributed by atoms with Crippen LogP contribution in [-0.4, -0.2) is 24.1 Å². The summed E-state index contributed by atoms with van der Waals surface area (Å²) in [4.78, 5) is 41.4. The summed E-state index contributed by atoms with van der Waals surface area (Å²) in [6, 6.07) is 0. The van der Waals surface area contributed by atoms with Gasteiger partial charge in [0.05, 0.1) is 59.0 Å². The van der Waals surface area contributed by atoms with Crippen LogP contribution in [0.5, 0.6) is 0 Å². The quantitative estimate of drug-likeness (QED) is 0.0909. The minimum absolute atomic E-state index is 0.0298. The number of halogens is 6. The number of ether oxygens (including phenoxy) is 1. The summed E-state index contributed by atoms with van der Waals surface area (Å²) in [7, 11) is 0. The topological polar surface area (TPSA) is 60.4 Å². The van der Waals surface area contributed by atoms with E-state index in [0.717, 1.165) is 70.6 Å². The van der Waals surface area contributed by atoms with Crippen molar-refractivity contribution in [3.05, 3.63) is 63.5 Å². The molecule has 0 N–H and O–H groups in total. The van der Waals surface area contributed by atoms with Crippen LogP contribution in [0, 0.1) is 0 Å². The lowest BCUT2D eigenvalue weighted by molar-refractivity contribution is 0.0495. The molecule has 1 aliphatic carbocycles. The summed E-state index contributed by atoms with van der Waals surface area (Å²) >= 11 is 39.0. The molecule has 0 saturated heterocycles. The molecular formula is C31H34Cl6O4. The monoisotopic (exact) mass is 680 g/mol. The fourth-order valence-electron chi connectivity index (χ4n) is 5.15. The van der Waals surface area contributed by atoms with Crippen molar-refractivity contribution in [1.29, 1.82) is 0 Å². The minimum Gasteiger partial charge on any atom is -0.462 e. The molecule has 0 aliphatic heterocycles. The third-order valence-corrected chi connectivity index (χ3v) is 10.1. The van der Waals surface area contributed by atoms with Gasteiger partial charge in [-0.15, -0.1) is 0 Å². The number of carbonyl (C=O) groups is 3. The van der Waals surface area contributed by atoms with Gasteiger partial charge in [-0.25, -0.2) is 4.79 Å². The lowest BCUT2D eigenvalue weighted by atomic mass is 9.78. The van der Waals surface area contributed by atoms with E-state index in [1.54, 1.807) is 0 Å². The van der Waals surface area contributed by atoms with Crippen molar-refractivity contribution in [2.75, 3.05) is 6.61 Å². The molecule has 0 spiro atoms. The van der Waals surface area contributed by atoms with Gasteiger partial charge in [0.25, 0.3) is 0 Å². The SMILES string of the molecule is CCCCCCCCOC(=O)c1c(Cl)c(Cl)c(Cl)c2c1C(=O)c1c(Cl)c(Cl)c(Cl)c(CCCCCCCC)c1C2=O. The summed E-state index contributed by atoms with van der Waals surface area (Å²) < 4.78 is 5.47. The van der Waals surface area contributed by atoms with Crippen LogP contribution in [0.25, 0.3) is 0 Å². The maximum Gasteiger partial charge on any atom is 0.340 e. The molecule has 0 atom stereocenters. The molecule has 2 aromatic rings. The average molecular weight is 683 g/mol. The number of benzene rings is 2. The highest BCUT2D eigenvalue weighted by atomic mass is 35.5. The van der Waals surface area contributed by atoms with Gasteiger partial charge < -0.3 is 4.74 Å². The Balaban J connectivity index is 2.01. The van der Waals surface area contributed by atoms with Gasteiger partial charge in [-0.3, -0.25) is 9.59 Å². The molecule has 224 valence electrons. The molecule has 1 aliphatic rings.